The van der Waals surface area contributed by atoms with Crippen molar-refractivity contribution >= 4 is 29.3 Å². The summed E-state index contributed by atoms with van der Waals surface area (Å²) >= 11 is 6.03. The summed E-state index contributed by atoms with van der Waals surface area (Å²) in [6, 6.07) is 3.43. The van der Waals surface area contributed by atoms with Crippen molar-refractivity contribution in [1.82, 2.24) is 4.90 Å². The van der Waals surface area contributed by atoms with E-state index in [1.54, 1.807) is 19.2 Å². The molecule has 22 heavy (non-hydrogen) atoms. The molecule has 120 valence electrons. The van der Waals surface area contributed by atoms with Crippen molar-refractivity contribution < 1.29 is 19.1 Å². The summed E-state index contributed by atoms with van der Waals surface area (Å²) < 4.78 is 10.3. The van der Waals surface area contributed by atoms with Gasteiger partial charge in [0.15, 0.2) is 0 Å². The first-order valence-corrected chi connectivity index (χ1v) is 7.34. The number of aryl methyl sites for hydroxylation is 1. The number of nitrogens with zero attached hydrogens (tertiary/aromatic N) is 1. The van der Waals surface area contributed by atoms with Crippen LogP contribution in [0.25, 0.3) is 0 Å². The molecule has 1 aliphatic heterocycles. The quantitative estimate of drug-likeness (QED) is 0.903. The highest BCUT2D eigenvalue weighted by molar-refractivity contribution is 6.31. The van der Waals surface area contributed by atoms with E-state index >= 15 is 0 Å². The number of amides is 2. The first kappa shape index (κ1) is 16.4. The average Bonchev–Trinajstić information content (AvgIpc) is 2.79. The molecule has 2 rings (SSSR count). The van der Waals surface area contributed by atoms with Gasteiger partial charge in [0.2, 0.25) is 5.91 Å². The standard InChI is InChI=1S/C15H19ClN2O4/c1-9-6-12(13(21-3)7-11(9)16)17-14(19)5-4-10-8-18(2)15(20)22-10/h6-7,10H,4-5,8H2,1-3H3,(H,17,19). The molecule has 1 atom stereocenters. The maximum absolute atomic E-state index is 12.0. The Morgan fingerprint density at radius 1 is 1.55 bits per heavy atom. The molecule has 0 aliphatic carbocycles. The zero-order chi connectivity index (χ0) is 16.3. The summed E-state index contributed by atoms with van der Waals surface area (Å²) in [5, 5.41) is 3.38. The van der Waals surface area contributed by atoms with Crippen molar-refractivity contribution in [2.75, 3.05) is 26.0 Å². The highest BCUT2D eigenvalue weighted by Gasteiger charge is 2.28. The molecule has 0 aromatic heterocycles. The Morgan fingerprint density at radius 2 is 2.27 bits per heavy atom. The third-order valence-corrected chi connectivity index (χ3v) is 3.91. The lowest BCUT2D eigenvalue weighted by Gasteiger charge is -2.13. The molecule has 0 bridgehead atoms. The molecule has 0 saturated carbocycles. The third-order valence-electron chi connectivity index (χ3n) is 3.50. The molecular weight excluding hydrogens is 308 g/mol. The van der Waals surface area contributed by atoms with Crippen LogP contribution in [0.15, 0.2) is 12.1 Å². The van der Waals surface area contributed by atoms with Crippen LogP contribution < -0.4 is 10.1 Å². The number of anilines is 1. The average molecular weight is 327 g/mol. The molecular formula is C15H19ClN2O4. The molecule has 1 aromatic carbocycles. The van der Waals surface area contributed by atoms with Gasteiger partial charge in [-0.3, -0.25) is 4.79 Å². The molecule has 1 heterocycles. The number of rotatable bonds is 5. The second kappa shape index (κ2) is 6.87. The number of likely N-dealkylation sites (N-methyl/N-ethyl adjacent to an activating group) is 1. The molecule has 1 fully saturated rings. The van der Waals surface area contributed by atoms with Gasteiger partial charge in [0.25, 0.3) is 0 Å². The van der Waals surface area contributed by atoms with Crippen LogP contribution >= 0.6 is 11.6 Å². The van der Waals surface area contributed by atoms with Crippen molar-refractivity contribution in [2.45, 2.75) is 25.9 Å². The van der Waals surface area contributed by atoms with Gasteiger partial charge in [0.1, 0.15) is 11.9 Å². The van der Waals surface area contributed by atoms with E-state index in [9.17, 15) is 9.59 Å². The molecule has 1 aromatic rings. The van der Waals surface area contributed by atoms with Gasteiger partial charge < -0.3 is 19.7 Å². The van der Waals surface area contributed by atoms with Crippen LogP contribution in [0, 0.1) is 6.92 Å². The Balaban J connectivity index is 1.92. The van der Waals surface area contributed by atoms with Crippen LogP contribution in [0.3, 0.4) is 0 Å². The van der Waals surface area contributed by atoms with E-state index in [0.29, 0.717) is 29.4 Å². The molecule has 1 aliphatic rings. The number of nitrogens with one attached hydrogen (secondary N) is 1. The summed E-state index contributed by atoms with van der Waals surface area (Å²) in [5.41, 5.74) is 1.43. The number of benzene rings is 1. The number of ether oxygens (including phenoxy) is 2. The predicted molar refractivity (Wildman–Crippen MR) is 83.5 cm³/mol. The Morgan fingerprint density at radius 3 is 2.86 bits per heavy atom. The SMILES string of the molecule is COc1cc(Cl)c(C)cc1NC(=O)CCC1CN(C)C(=O)O1. The van der Waals surface area contributed by atoms with Gasteiger partial charge in [0.05, 0.1) is 19.3 Å². The largest absolute Gasteiger partial charge is 0.495 e. The summed E-state index contributed by atoms with van der Waals surface area (Å²) in [5.74, 6) is 0.349. The second-order valence-corrected chi connectivity index (χ2v) is 5.68. The lowest BCUT2D eigenvalue weighted by molar-refractivity contribution is -0.116. The molecule has 6 nitrogen and oxygen atoms in total. The van der Waals surface area contributed by atoms with E-state index < -0.39 is 0 Å². The van der Waals surface area contributed by atoms with Crippen molar-refractivity contribution in [3.63, 3.8) is 0 Å². The number of carbonyl (C=O) groups excluding carboxylic acids is 2. The van der Waals surface area contributed by atoms with Crippen molar-refractivity contribution in [2.24, 2.45) is 0 Å². The third kappa shape index (κ3) is 3.82. The molecule has 2 amide bonds. The van der Waals surface area contributed by atoms with Crippen LogP contribution in [-0.4, -0.2) is 43.7 Å². The number of methoxy groups -OCH3 is 1. The monoisotopic (exact) mass is 326 g/mol. The number of hydrogen-bond donors (Lipinski definition) is 1. The van der Waals surface area contributed by atoms with Crippen molar-refractivity contribution in [3.8, 4) is 5.75 Å². The molecule has 1 saturated heterocycles. The van der Waals surface area contributed by atoms with Crippen molar-refractivity contribution in [3.05, 3.63) is 22.7 Å². The minimum Gasteiger partial charge on any atom is -0.495 e. The summed E-state index contributed by atoms with van der Waals surface area (Å²) in [7, 11) is 3.19. The van der Waals surface area contributed by atoms with Crippen LogP contribution in [0.2, 0.25) is 5.02 Å². The maximum atomic E-state index is 12.0. The molecule has 7 heteroatoms. The van der Waals surface area contributed by atoms with Gasteiger partial charge in [-0.2, -0.15) is 0 Å². The van der Waals surface area contributed by atoms with Gasteiger partial charge in [0, 0.05) is 24.6 Å². The first-order chi connectivity index (χ1) is 10.4. The topological polar surface area (TPSA) is 67.9 Å². The van der Waals surface area contributed by atoms with Gasteiger partial charge in [-0.05, 0) is 25.0 Å². The highest BCUT2D eigenvalue weighted by atomic mass is 35.5. The lowest BCUT2D eigenvalue weighted by atomic mass is 10.1. The number of hydrogen-bond acceptors (Lipinski definition) is 4. The summed E-state index contributed by atoms with van der Waals surface area (Å²) in [6.45, 7) is 2.36. The first-order valence-electron chi connectivity index (χ1n) is 6.96. The second-order valence-electron chi connectivity index (χ2n) is 5.27. The van der Waals surface area contributed by atoms with E-state index in [4.69, 9.17) is 21.1 Å². The summed E-state index contributed by atoms with van der Waals surface area (Å²) in [4.78, 5) is 24.8. The van der Waals surface area contributed by atoms with E-state index in [-0.39, 0.29) is 24.5 Å². The molecule has 0 spiro atoms. The molecule has 0 radical (unpaired) electrons. The van der Waals surface area contributed by atoms with E-state index in [1.807, 2.05) is 6.92 Å². The molecule has 1 unspecified atom stereocenters. The van der Waals surface area contributed by atoms with Crippen molar-refractivity contribution in [1.29, 1.82) is 0 Å². The minimum absolute atomic E-state index is 0.161. The zero-order valence-corrected chi connectivity index (χ0v) is 13.6. The van der Waals surface area contributed by atoms with Gasteiger partial charge in [-0.1, -0.05) is 11.6 Å². The van der Waals surface area contributed by atoms with E-state index in [2.05, 4.69) is 5.32 Å². The normalized spacial score (nSPS) is 17.4. The van der Waals surface area contributed by atoms with E-state index in [1.165, 1.54) is 12.0 Å². The Bertz CT molecular complexity index is 591. The number of halogens is 1. The van der Waals surface area contributed by atoms with Gasteiger partial charge in [-0.25, -0.2) is 4.79 Å². The maximum Gasteiger partial charge on any atom is 0.409 e. The molecule has 1 N–H and O–H groups in total. The van der Waals surface area contributed by atoms with Crippen LogP contribution in [0.4, 0.5) is 10.5 Å². The zero-order valence-electron chi connectivity index (χ0n) is 12.8. The predicted octanol–water partition coefficient (Wildman–Crippen LogP) is 2.83. The fourth-order valence-corrected chi connectivity index (χ4v) is 2.39. The van der Waals surface area contributed by atoms with Gasteiger partial charge in [-0.15, -0.1) is 0 Å². The van der Waals surface area contributed by atoms with Gasteiger partial charge >= 0.3 is 6.09 Å². The van der Waals surface area contributed by atoms with Crippen LogP contribution in [0.1, 0.15) is 18.4 Å². The Kier molecular flexibility index (Phi) is 5.13. The van der Waals surface area contributed by atoms with Crippen LogP contribution in [-0.2, 0) is 9.53 Å². The Hall–Kier alpha value is -1.95. The smallest absolute Gasteiger partial charge is 0.409 e. The summed E-state index contributed by atoms with van der Waals surface area (Å²) in [6.07, 6.45) is 0.158. The van der Waals surface area contributed by atoms with E-state index in [0.717, 1.165) is 5.56 Å². The highest BCUT2D eigenvalue weighted by Crippen LogP contribution is 2.31. The lowest BCUT2D eigenvalue weighted by Crippen LogP contribution is -2.20. The number of cyclic esters (lactones) is 1. The number of carbonyl (C=O) groups is 2. The Labute approximate surface area is 134 Å². The minimum atomic E-state index is -0.347. The fourth-order valence-electron chi connectivity index (χ4n) is 2.23. The van der Waals surface area contributed by atoms with Crippen LogP contribution in [0.5, 0.6) is 5.75 Å². The fraction of sp³-hybridized carbons (Fsp3) is 0.467.